The van der Waals surface area contributed by atoms with Gasteiger partial charge in [-0.15, -0.1) is 11.3 Å². The Kier molecular flexibility index (Phi) is 5.01. The number of carbonyl (C=O) groups excluding carboxylic acids is 1. The van der Waals surface area contributed by atoms with Crippen LogP contribution in [0.3, 0.4) is 0 Å². The lowest BCUT2D eigenvalue weighted by atomic mass is 10.1. The summed E-state index contributed by atoms with van der Waals surface area (Å²) in [6.07, 6.45) is 0. The van der Waals surface area contributed by atoms with Crippen molar-refractivity contribution in [1.29, 1.82) is 0 Å². The number of ether oxygens (including phenoxy) is 2. The normalized spacial score (nSPS) is 12.7. The third-order valence-corrected chi connectivity index (χ3v) is 5.67. The highest BCUT2D eigenvalue weighted by Crippen LogP contribution is 2.35. The van der Waals surface area contributed by atoms with Gasteiger partial charge in [-0.25, -0.2) is 4.98 Å². The van der Waals surface area contributed by atoms with E-state index in [9.17, 15) is 4.79 Å². The van der Waals surface area contributed by atoms with Gasteiger partial charge in [0.05, 0.1) is 11.3 Å². The minimum atomic E-state index is -0.236. The molecule has 1 aliphatic rings. The maximum absolute atomic E-state index is 12.5. The van der Waals surface area contributed by atoms with Crippen LogP contribution in [0.1, 0.15) is 10.4 Å². The summed E-state index contributed by atoms with van der Waals surface area (Å²) in [6, 6.07) is 10.9. The Morgan fingerprint density at radius 3 is 2.81 bits per heavy atom. The predicted molar refractivity (Wildman–Crippen MR) is 111 cm³/mol. The molecular weight excluding hydrogens is 487 g/mol. The topological polar surface area (TPSA) is 60.5 Å². The van der Waals surface area contributed by atoms with Crippen LogP contribution in [0.25, 0.3) is 11.3 Å². The number of hydrogen-bond donors (Lipinski definition) is 1. The van der Waals surface area contributed by atoms with Gasteiger partial charge in [-0.3, -0.25) is 10.1 Å². The summed E-state index contributed by atoms with van der Waals surface area (Å²) in [7, 11) is 0. The fourth-order valence-electron chi connectivity index (χ4n) is 2.50. The van der Waals surface area contributed by atoms with Crippen LogP contribution < -0.4 is 14.8 Å². The van der Waals surface area contributed by atoms with Crippen molar-refractivity contribution in [3.8, 4) is 22.8 Å². The molecule has 132 valence electrons. The quantitative estimate of drug-likeness (QED) is 0.511. The molecule has 0 saturated heterocycles. The summed E-state index contributed by atoms with van der Waals surface area (Å²) in [6.45, 7) is 1.09. The molecule has 1 N–H and O–H groups in total. The molecule has 0 aliphatic carbocycles. The second kappa shape index (κ2) is 7.42. The number of benzene rings is 2. The molecule has 1 aliphatic heterocycles. The minimum Gasteiger partial charge on any atom is -0.486 e. The van der Waals surface area contributed by atoms with E-state index in [2.05, 4.69) is 32.9 Å². The number of halogens is 2. The van der Waals surface area contributed by atoms with Crippen LogP contribution >= 0.6 is 45.5 Å². The number of aromatic nitrogens is 1. The number of nitrogens with zero attached hydrogens (tertiary/aromatic N) is 1. The van der Waals surface area contributed by atoms with Crippen LogP contribution in [-0.4, -0.2) is 24.1 Å². The van der Waals surface area contributed by atoms with Crippen molar-refractivity contribution in [3.05, 3.63) is 55.9 Å². The van der Waals surface area contributed by atoms with Gasteiger partial charge in [0.2, 0.25) is 0 Å². The number of hydrogen-bond acceptors (Lipinski definition) is 5. The fourth-order valence-corrected chi connectivity index (χ4v) is 3.97. The highest BCUT2D eigenvalue weighted by Gasteiger charge is 2.16. The fraction of sp³-hybridized carbons (Fsp3) is 0.111. The van der Waals surface area contributed by atoms with E-state index >= 15 is 0 Å². The summed E-state index contributed by atoms with van der Waals surface area (Å²) < 4.78 is 12.0. The first kappa shape index (κ1) is 17.6. The highest BCUT2D eigenvalue weighted by molar-refractivity contribution is 14.1. The molecule has 26 heavy (non-hydrogen) atoms. The van der Waals surface area contributed by atoms with Gasteiger partial charge in [0.15, 0.2) is 16.6 Å². The zero-order chi connectivity index (χ0) is 18.1. The van der Waals surface area contributed by atoms with E-state index < -0.39 is 0 Å². The Morgan fingerprint density at radius 2 is 1.96 bits per heavy atom. The Balaban J connectivity index is 1.55. The van der Waals surface area contributed by atoms with Crippen molar-refractivity contribution in [1.82, 2.24) is 4.98 Å². The van der Waals surface area contributed by atoms with Gasteiger partial charge in [-0.05, 0) is 59.0 Å². The van der Waals surface area contributed by atoms with Gasteiger partial charge in [-0.2, -0.15) is 0 Å². The lowest BCUT2D eigenvalue weighted by Gasteiger charge is -2.18. The molecule has 1 aromatic heterocycles. The maximum Gasteiger partial charge on any atom is 0.258 e. The molecule has 0 fully saturated rings. The van der Waals surface area contributed by atoms with Gasteiger partial charge in [0.1, 0.15) is 13.2 Å². The number of thiazole rings is 1. The molecule has 3 aromatic rings. The van der Waals surface area contributed by atoms with Gasteiger partial charge >= 0.3 is 0 Å². The molecule has 2 heterocycles. The largest absolute Gasteiger partial charge is 0.486 e. The molecule has 0 atom stereocenters. The van der Waals surface area contributed by atoms with E-state index in [1.165, 1.54) is 11.3 Å². The van der Waals surface area contributed by atoms with E-state index in [1.54, 1.807) is 18.2 Å². The second-order valence-electron chi connectivity index (χ2n) is 5.47. The predicted octanol–water partition coefficient (Wildman–Crippen LogP) is 5.09. The van der Waals surface area contributed by atoms with Crippen molar-refractivity contribution in [2.24, 2.45) is 0 Å². The van der Waals surface area contributed by atoms with E-state index in [1.807, 2.05) is 23.6 Å². The summed E-state index contributed by atoms with van der Waals surface area (Å²) >= 11 is 9.46. The van der Waals surface area contributed by atoms with E-state index in [0.29, 0.717) is 34.7 Å². The molecule has 0 radical (unpaired) electrons. The number of fused-ring (bicyclic) bond motifs is 1. The molecule has 4 rings (SSSR count). The molecular formula is C18H12ClIN2O3S. The lowest BCUT2D eigenvalue weighted by molar-refractivity contribution is 0.102. The number of rotatable bonds is 3. The first-order valence-electron chi connectivity index (χ1n) is 7.72. The summed E-state index contributed by atoms with van der Waals surface area (Å²) in [5, 5.41) is 5.76. The highest BCUT2D eigenvalue weighted by atomic mass is 127. The number of carbonyl (C=O) groups is 1. The van der Waals surface area contributed by atoms with E-state index in [4.69, 9.17) is 21.1 Å². The van der Waals surface area contributed by atoms with Crippen molar-refractivity contribution in [2.75, 3.05) is 18.5 Å². The second-order valence-corrected chi connectivity index (χ2v) is 7.93. The van der Waals surface area contributed by atoms with Crippen LogP contribution in [0.2, 0.25) is 5.02 Å². The first-order chi connectivity index (χ1) is 12.6. The van der Waals surface area contributed by atoms with Gasteiger partial charge in [-0.1, -0.05) is 11.6 Å². The first-order valence-corrected chi connectivity index (χ1v) is 10.1. The van der Waals surface area contributed by atoms with Crippen LogP contribution in [0.4, 0.5) is 5.13 Å². The molecule has 0 bridgehead atoms. The molecule has 8 heteroatoms. The average molecular weight is 499 g/mol. The van der Waals surface area contributed by atoms with Crippen LogP contribution in [0.5, 0.6) is 11.5 Å². The molecule has 0 spiro atoms. The van der Waals surface area contributed by atoms with Crippen LogP contribution in [0.15, 0.2) is 41.8 Å². The van der Waals surface area contributed by atoms with Crippen LogP contribution in [-0.2, 0) is 0 Å². The summed E-state index contributed by atoms with van der Waals surface area (Å²) in [5.41, 5.74) is 2.19. The van der Waals surface area contributed by atoms with Gasteiger partial charge in [0, 0.05) is 19.5 Å². The van der Waals surface area contributed by atoms with Crippen molar-refractivity contribution < 1.29 is 14.3 Å². The van der Waals surface area contributed by atoms with Gasteiger partial charge in [0.25, 0.3) is 5.91 Å². The Morgan fingerprint density at radius 1 is 1.15 bits per heavy atom. The Labute approximate surface area is 172 Å². The lowest BCUT2D eigenvalue weighted by Crippen LogP contribution is -2.15. The molecule has 0 unspecified atom stereocenters. The monoisotopic (exact) mass is 498 g/mol. The third-order valence-electron chi connectivity index (χ3n) is 3.74. The smallest absolute Gasteiger partial charge is 0.258 e. The van der Waals surface area contributed by atoms with E-state index in [-0.39, 0.29) is 5.91 Å². The van der Waals surface area contributed by atoms with Crippen molar-refractivity contribution >= 4 is 56.6 Å². The molecule has 2 aromatic carbocycles. The standard InChI is InChI=1S/C18H12ClIN2O3S/c19-11-2-3-13(20)12(8-11)17(23)22-18-21-14(9-26-18)10-1-4-15-16(7-10)25-6-5-24-15/h1-4,7-9H,5-6H2,(H,21,22,23). The number of nitrogens with one attached hydrogen (secondary N) is 1. The van der Waals surface area contributed by atoms with Crippen molar-refractivity contribution in [2.45, 2.75) is 0 Å². The van der Waals surface area contributed by atoms with E-state index in [0.717, 1.165) is 20.6 Å². The number of anilines is 1. The zero-order valence-corrected chi connectivity index (χ0v) is 17.0. The average Bonchev–Trinajstić information content (AvgIpc) is 3.11. The molecule has 0 saturated carbocycles. The van der Waals surface area contributed by atoms with Crippen LogP contribution in [0, 0.1) is 3.57 Å². The number of amides is 1. The summed E-state index contributed by atoms with van der Waals surface area (Å²) in [4.78, 5) is 17.0. The minimum absolute atomic E-state index is 0.236. The molecule has 5 nitrogen and oxygen atoms in total. The Bertz CT molecular complexity index is 992. The Hall–Kier alpha value is -1.84. The zero-order valence-electron chi connectivity index (χ0n) is 13.3. The van der Waals surface area contributed by atoms with Gasteiger partial charge < -0.3 is 9.47 Å². The van der Waals surface area contributed by atoms with Crippen molar-refractivity contribution in [3.63, 3.8) is 0 Å². The third kappa shape index (κ3) is 3.65. The summed E-state index contributed by atoms with van der Waals surface area (Å²) in [5.74, 6) is 1.21. The maximum atomic E-state index is 12.5. The SMILES string of the molecule is O=C(Nc1nc(-c2ccc3c(c2)OCCO3)cs1)c1cc(Cl)ccc1I. The molecule has 1 amide bonds.